The molecule has 4 aromatic heterocycles. The molecule has 5 heterocycles. The molecule has 5 rings (SSSR count). The van der Waals surface area contributed by atoms with E-state index in [1.54, 1.807) is 18.0 Å². The fourth-order valence-electron chi connectivity index (χ4n) is 5.29. The van der Waals surface area contributed by atoms with Crippen molar-refractivity contribution in [1.82, 2.24) is 38.9 Å². The van der Waals surface area contributed by atoms with Gasteiger partial charge in [-0.1, -0.05) is 26.3 Å². The van der Waals surface area contributed by atoms with Crippen LogP contribution >= 0.6 is 0 Å². The average Bonchev–Trinajstić information content (AvgIpc) is 3.40. The summed E-state index contributed by atoms with van der Waals surface area (Å²) in [5, 5.41) is 4.59. The number of hydrogen-bond acceptors (Lipinski definition) is 11. The second kappa shape index (κ2) is 14.6. The predicted octanol–water partition coefficient (Wildman–Crippen LogP) is 2.29. The van der Waals surface area contributed by atoms with E-state index in [0.717, 1.165) is 24.4 Å². The van der Waals surface area contributed by atoms with Gasteiger partial charge in [-0.25, -0.2) is 18.4 Å². The number of pyridine rings is 2. The predicted molar refractivity (Wildman–Crippen MR) is 168 cm³/mol. The number of aromatic amines is 1. The summed E-state index contributed by atoms with van der Waals surface area (Å²) in [5.41, 5.74) is 1.91. The Bertz CT molecular complexity index is 1750. The van der Waals surface area contributed by atoms with E-state index in [0.29, 0.717) is 57.7 Å². The summed E-state index contributed by atoms with van der Waals surface area (Å²) in [6, 6.07) is 7.08. The van der Waals surface area contributed by atoms with Gasteiger partial charge in [-0.2, -0.15) is 9.40 Å². The molecule has 14 nitrogen and oxygen atoms in total. The third-order valence-corrected chi connectivity index (χ3v) is 9.65. The molecule has 1 unspecified atom stereocenters. The zero-order valence-corrected chi connectivity index (χ0v) is 26.9. The van der Waals surface area contributed by atoms with Gasteiger partial charge < -0.3 is 24.1 Å². The van der Waals surface area contributed by atoms with Crippen molar-refractivity contribution in [3.05, 3.63) is 58.4 Å². The van der Waals surface area contributed by atoms with Crippen LogP contribution < -0.4 is 10.3 Å². The number of ether oxygens (including phenoxy) is 3. The van der Waals surface area contributed by atoms with Crippen molar-refractivity contribution in [3.63, 3.8) is 0 Å². The van der Waals surface area contributed by atoms with E-state index in [1.807, 2.05) is 25.1 Å². The van der Waals surface area contributed by atoms with Gasteiger partial charge in [0.1, 0.15) is 16.2 Å². The summed E-state index contributed by atoms with van der Waals surface area (Å²) in [6.45, 7) is 7.68. The van der Waals surface area contributed by atoms with Gasteiger partial charge in [0, 0.05) is 53.0 Å². The molecule has 1 aliphatic heterocycles. The minimum atomic E-state index is -3.89. The number of rotatable bonds is 14. The Balaban J connectivity index is 1.61. The molecule has 1 saturated heterocycles. The van der Waals surface area contributed by atoms with Crippen molar-refractivity contribution >= 4 is 21.1 Å². The molecule has 0 radical (unpaired) electrons. The van der Waals surface area contributed by atoms with Gasteiger partial charge in [0.05, 0.1) is 36.3 Å². The molecule has 242 valence electrons. The van der Waals surface area contributed by atoms with E-state index in [2.05, 4.69) is 31.9 Å². The minimum absolute atomic E-state index is 0.0250. The molecule has 1 N–H and O–H groups in total. The van der Waals surface area contributed by atoms with Crippen LogP contribution in [-0.4, -0.2) is 107 Å². The fraction of sp³-hybridized carbons (Fsp3) is 0.500. The highest BCUT2D eigenvalue weighted by Gasteiger charge is 2.30. The first kappa shape index (κ1) is 32.6. The maximum absolute atomic E-state index is 13.8. The second-order valence-corrected chi connectivity index (χ2v) is 12.7. The minimum Gasteiger partial charge on any atom is -0.447 e. The third kappa shape index (κ3) is 7.23. The van der Waals surface area contributed by atoms with Crippen LogP contribution in [0.4, 0.5) is 0 Å². The quantitative estimate of drug-likeness (QED) is 0.202. The van der Waals surface area contributed by atoms with Crippen molar-refractivity contribution in [2.45, 2.75) is 50.8 Å². The molecule has 4 aromatic rings. The molecule has 0 bridgehead atoms. The monoisotopic (exact) mass is 640 g/mol. The summed E-state index contributed by atoms with van der Waals surface area (Å²) in [5.74, 6) is 0.173. The Hall–Kier alpha value is -3.76. The van der Waals surface area contributed by atoms with Gasteiger partial charge in [0.25, 0.3) is 5.56 Å². The van der Waals surface area contributed by atoms with Gasteiger partial charge in [0.15, 0.2) is 5.52 Å². The number of H-pyrrole nitrogens is 1. The van der Waals surface area contributed by atoms with Crippen LogP contribution in [0.3, 0.4) is 0 Å². The Kier molecular flexibility index (Phi) is 10.6. The molecular formula is C30H40N8O6S. The molecule has 1 aliphatic rings. The molecule has 0 amide bonds. The molecule has 0 aliphatic carbocycles. The van der Waals surface area contributed by atoms with Crippen LogP contribution in [0.2, 0.25) is 0 Å². The van der Waals surface area contributed by atoms with Gasteiger partial charge in [-0.15, -0.1) is 0 Å². The number of nitrogens with zero attached hydrogens (tertiary/aromatic N) is 7. The van der Waals surface area contributed by atoms with E-state index in [9.17, 15) is 13.2 Å². The Labute approximate surface area is 262 Å². The van der Waals surface area contributed by atoms with Gasteiger partial charge >= 0.3 is 0 Å². The van der Waals surface area contributed by atoms with Crippen LogP contribution in [0.15, 0.2) is 46.3 Å². The average molecular weight is 641 g/mol. The second-order valence-electron chi connectivity index (χ2n) is 10.7. The van der Waals surface area contributed by atoms with Crippen molar-refractivity contribution in [3.8, 4) is 17.3 Å². The van der Waals surface area contributed by atoms with Crippen molar-refractivity contribution in [2.75, 3.05) is 53.6 Å². The van der Waals surface area contributed by atoms with E-state index < -0.39 is 21.9 Å². The summed E-state index contributed by atoms with van der Waals surface area (Å²) >= 11 is 0. The highest BCUT2D eigenvalue weighted by molar-refractivity contribution is 7.89. The Morgan fingerprint density at radius 2 is 1.87 bits per heavy atom. The molecule has 45 heavy (non-hydrogen) atoms. The number of sulfonamides is 1. The van der Waals surface area contributed by atoms with Gasteiger partial charge in [-0.3, -0.25) is 14.5 Å². The van der Waals surface area contributed by atoms with Gasteiger partial charge in [-0.05, 0) is 31.2 Å². The molecule has 1 atom stereocenters. The topological polar surface area (TPSA) is 158 Å². The standard InChI is InChI=1S/C30H40N8O6S/c1-5-9-24-26-27(35-38(24)20-21-10-7-8-12-31-21)29(39)34-28(33-26)23-18-22(19-32-30(23)44-25(43-4)11-17-42-3)45(40,41)37-15-13-36(6-2)14-16-37/h7-8,10,12,18-19,25H,5-6,9,11,13-17,20H2,1-4H3,(H,33,34,39). The van der Waals surface area contributed by atoms with E-state index in [-0.39, 0.29) is 27.7 Å². The lowest BCUT2D eigenvalue weighted by Crippen LogP contribution is -2.48. The van der Waals surface area contributed by atoms with E-state index >= 15 is 0 Å². The lowest BCUT2D eigenvalue weighted by atomic mass is 10.2. The summed E-state index contributed by atoms with van der Waals surface area (Å²) < 4.78 is 47.5. The lowest BCUT2D eigenvalue weighted by molar-refractivity contribution is -0.0706. The molecule has 0 aromatic carbocycles. The number of hydrogen-bond donors (Lipinski definition) is 1. The number of piperazine rings is 1. The summed E-state index contributed by atoms with van der Waals surface area (Å²) in [6.07, 6.45) is 4.03. The highest BCUT2D eigenvalue weighted by Crippen LogP contribution is 2.31. The first-order chi connectivity index (χ1) is 21.8. The van der Waals surface area contributed by atoms with Crippen molar-refractivity contribution in [1.29, 1.82) is 0 Å². The first-order valence-electron chi connectivity index (χ1n) is 15.1. The number of aryl methyl sites for hydroxylation is 1. The third-order valence-electron chi connectivity index (χ3n) is 7.79. The number of likely N-dealkylation sites (N-methyl/N-ethyl adjacent to an activating group) is 1. The number of aromatic nitrogens is 6. The van der Waals surface area contributed by atoms with Crippen LogP contribution in [0.1, 0.15) is 38.1 Å². The zero-order valence-electron chi connectivity index (χ0n) is 26.1. The fourth-order valence-corrected chi connectivity index (χ4v) is 6.68. The maximum Gasteiger partial charge on any atom is 0.279 e. The molecule has 15 heteroatoms. The smallest absolute Gasteiger partial charge is 0.279 e. The summed E-state index contributed by atoms with van der Waals surface area (Å²) in [7, 11) is -0.829. The molecule has 0 saturated carbocycles. The van der Waals surface area contributed by atoms with Crippen LogP contribution in [0, 0.1) is 0 Å². The molecular weight excluding hydrogens is 600 g/mol. The largest absolute Gasteiger partial charge is 0.447 e. The SMILES string of the molecule is CCCc1c2nc(-c3cc(S(=O)(=O)N4CCN(CC)CC4)cnc3OC(CCOC)OC)[nH]c(=O)c2nn1Cc1ccccn1. The number of fused-ring (bicyclic) bond motifs is 1. The maximum atomic E-state index is 13.8. The molecule has 0 spiro atoms. The highest BCUT2D eigenvalue weighted by atomic mass is 32.2. The van der Waals surface area contributed by atoms with Gasteiger partial charge in [0.2, 0.25) is 22.2 Å². The van der Waals surface area contributed by atoms with Crippen molar-refractivity contribution < 1.29 is 22.6 Å². The zero-order chi connectivity index (χ0) is 32.0. The Morgan fingerprint density at radius 3 is 2.53 bits per heavy atom. The molecule has 1 fully saturated rings. The summed E-state index contributed by atoms with van der Waals surface area (Å²) in [4.78, 5) is 32.1. The van der Waals surface area contributed by atoms with E-state index in [4.69, 9.17) is 19.2 Å². The lowest BCUT2D eigenvalue weighted by Gasteiger charge is -2.33. The van der Waals surface area contributed by atoms with Crippen LogP contribution in [0.5, 0.6) is 5.88 Å². The first-order valence-corrected chi connectivity index (χ1v) is 16.5. The van der Waals surface area contributed by atoms with Crippen molar-refractivity contribution in [2.24, 2.45) is 0 Å². The number of nitrogens with one attached hydrogen (secondary N) is 1. The number of methoxy groups -OCH3 is 2. The normalized spacial score (nSPS) is 15.5. The van der Waals surface area contributed by atoms with Crippen LogP contribution in [-0.2, 0) is 32.5 Å². The van der Waals surface area contributed by atoms with E-state index in [1.165, 1.54) is 23.7 Å². The van der Waals surface area contributed by atoms with Crippen LogP contribution in [0.25, 0.3) is 22.4 Å². The Morgan fingerprint density at radius 1 is 1.07 bits per heavy atom.